The zero-order valence-corrected chi connectivity index (χ0v) is 11.5. The van der Waals surface area contributed by atoms with Gasteiger partial charge in [0.1, 0.15) is 5.67 Å². The summed E-state index contributed by atoms with van der Waals surface area (Å²) in [4.78, 5) is 2.43. The van der Waals surface area contributed by atoms with Crippen LogP contribution in [0.2, 0.25) is 0 Å². The molecule has 2 fully saturated rings. The van der Waals surface area contributed by atoms with E-state index in [1.165, 1.54) is 12.8 Å². The molecule has 3 heteroatoms. The fourth-order valence-electron chi connectivity index (χ4n) is 2.52. The number of hydrogen-bond donors (Lipinski definition) is 0. The average Bonchev–Trinajstić information content (AvgIpc) is 3.00. The molecule has 0 spiro atoms. The number of piperidine rings is 1. The second-order valence-electron chi connectivity index (χ2n) is 6.55. The van der Waals surface area contributed by atoms with Gasteiger partial charge in [-0.2, -0.15) is 0 Å². The van der Waals surface area contributed by atoms with Gasteiger partial charge in [-0.05, 0) is 46.5 Å². The van der Waals surface area contributed by atoms with Crippen molar-refractivity contribution in [3.05, 3.63) is 0 Å². The van der Waals surface area contributed by atoms with Crippen LogP contribution >= 0.6 is 0 Å². The predicted molar refractivity (Wildman–Crippen MR) is 67.9 cm³/mol. The lowest BCUT2D eigenvalue weighted by Gasteiger charge is -2.36. The van der Waals surface area contributed by atoms with E-state index in [9.17, 15) is 4.39 Å². The molecule has 0 N–H and O–H groups in total. The average molecular weight is 243 g/mol. The van der Waals surface area contributed by atoms with E-state index in [1.807, 2.05) is 0 Å². The molecular formula is C14H26FNO. The lowest BCUT2D eigenvalue weighted by Crippen LogP contribution is -2.43. The Morgan fingerprint density at radius 1 is 1.18 bits per heavy atom. The molecule has 1 aliphatic carbocycles. The van der Waals surface area contributed by atoms with Crippen LogP contribution in [0.4, 0.5) is 4.39 Å². The molecule has 2 nitrogen and oxygen atoms in total. The lowest BCUT2D eigenvalue weighted by molar-refractivity contribution is 0.0155. The van der Waals surface area contributed by atoms with Crippen LogP contribution in [0, 0.1) is 5.41 Å². The Morgan fingerprint density at radius 2 is 1.76 bits per heavy atom. The van der Waals surface area contributed by atoms with Crippen LogP contribution in [0.3, 0.4) is 0 Å². The lowest BCUT2D eigenvalue weighted by atomic mass is 9.94. The van der Waals surface area contributed by atoms with E-state index in [0.717, 1.165) is 26.2 Å². The Kier molecular flexibility index (Phi) is 3.79. The first-order valence-corrected chi connectivity index (χ1v) is 6.94. The quantitative estimate of drug-likeness (QED) is 0.736. The minimum Gasteiger partial charge on any atom is -0.378 e. The molecule has 0 bridgehead atoms. The Labute approximate surface area is 105 Å². The molecule has 0 radical (unpaired) electrons. The van der Waals surface area contributed by atoms with Crippen LogP contribution in [-0.2, 0) is 4.74 Å². The summed E-state index contributed by atoms with van der Waals surface area (Å²) >= 11 is 0. The number of likely N-dealkylation sites (tertiary alicyclic amines) is 1. The smallest absolute Gasteiger partial charge is 0.110 e. The molecule has 0 aromatic rings. The summed E-state index contributed by atoms with van der Waals surface area (Å²) in [5.41, 5.74) is -0.532. The highest BCUT2D eigenvalue weighted by atomic mass is 19.1. The molecule has 100 valence electrons. The van der Waals surface area contributed by atoms with Gasteiger partial charge in [-0.15, -0.1) is 0 Å². The van der Waals surface area contributed by atoms with E-state index in [2.05, 4.69) is 18.7 Å². The minimum absolute atomic E-state index is 0.322. The monoisotopic (exact) mass is 243 g/mol. The molecule has 0 unspecified atom stereocenters. The van der Waals surface area contributed by atoms with Gasteiger partial charge in [0.15, 0.2) is 0 Å². The summed E-state index contributed by atoms with van der Waals surface area (Å²) in [6.45, 7) is 9.73. The Hall–Kier alpha value is -0.150. The summed E-state index contributed by atoms with van der Waals surface area (Å²) in [5, 5.41) is 0. The van der Waals surface area contributed by atoms with Crippen molar-refractivity contribution in [1.29, 1.82) is 0 Å². The number of nitrogens with zero attached hydrogens (tertiary/aromatic N) is 1. The zero-order valence-electron chi connectivity index (χ0n) is 11.5. The van der Waals surface area contributed by atoms with Crippen molar-refractivity contribution in [2.45, 2.75) is 58.2 Å². The van der Waals surface area contributed by atoms with Crippen LogP contribution in [-0.4, -0.2) is 42.9 Å². The summed E-state index contributed by atoms with van der Waals surface area (Å²) in [6.07, 6.45) is 4.26. The molecule has 1 saturated heterocycles. The number of alkyl halides is 1. The first-order valence-electron chi connectivity index (χ1n) is 6.94. The molecule has 17 heavy (non-hydrogen) atoms. The normalized spacial score (nSPS) is 27.4. The highest BCUT2D eigenvalue weighted by Gasteiger charge is 2.45. The largest absolute Gasteiger partial charge is 0.378 e. The molecule has 0 amide bonds. The Bertz CT molecular complexity index is 251. The molecule has 1 saturated carbocycles. The van der Waals surface area contributed by atoms with Crippen LogP contribution < -0.4 is 0 Å². The van der Waals surface area contributed by atoms with Crippen molar-refractivity contribution >= 4 is 0 Å². The number of hydrogen-bond acceptors (Lipinski definition) is 2. The molecule has 0 aromatic heterocycles. The third-order valence-electron chi connectivity index (χ3n) is 4.14. The van der Waals surface area contributed by atoms with Crippen LogP contribution in [0.25, 0.3) is 0 Å². The first-order chi connectivity index (χ1) is 7.91. The third kappa shape index (κ3) is 3.92. The van der Waals surface area contributed by atoms with Gasteiger partial charge in [-0.25, -0.2) is 4.39 Å². The Morgan fingerprint density at radius 3 is 2.24 bits per heavy atom. The van der Waals surface area contributed by atoms with Gasteiger partial charge < -0.3 is 9.64 Å². The molecule has 1 heterocycles. The van der Waals surface area contributed by atoms with E-state index in [-0.39, 0.29) is 0 Å². The maximum Gasteiger partial charge on any atom is 0.110 e. The van der Waals surface area contributed by atoms with E-state index >= 15 is 0 Å². The summed E-state index contributed by atoms with van der Waals surface area (Å²) in [6, 6.07) is 0. The maximum atomic E-state index is 13.7. The minimum atomic E-state index is -0.929. The summed E-state index contributed by atoms with van der Waals surface area (Å²) < 4.78 is 19.4. The van der Waals surface area contributed by atoms with E-state index in [1.54, 1.807) is 6.92 Å². The van der Waals surface area contributed by atoms with Crippen molar-refractivity contribution in [3.63, 3.8) is 0 Å². The second kappa shape index (κ2) is 4.85. The van der Waals surface area contributed by atoms with Crippen LogP contribution in [0.5, 0.6) is 0 Å². The number of ether oxygens (including phenoxy) is 1. The van der Waals surface area contributed by atoms with Crippen molar-refractivity contribution in [3.8, 4) is 0 Å². The molecule has 1 aliphatic heterocycles. The fraction of sp³-hybridized carbons (Fsp3) is 1.00. The predicted octanol–water partition coefficient (Wildman–Crippen LogP) is 3.02. The van der Waals surface area contributed by atoms with Gasteiger partial charge in [0, 0.05) is 25.0 Å². The third-order valence-corrected chi connectivity index (χ3v) is 4.14. The first kappa shape index (κ1) is 13.3. The highest BCUT2D eigenvalue weighted by molar-refractivity contribution is 4.97. The molecular weight excluding hydrogens is 217 g/mol. The van der Waals surface area contributed by atoms with E-state index < -0.39 is 5.67 Å². The van der Waals surface area contributed by atoms with Crippen molar-refractivity contribution in [1.82, 2.24) is 4.90 Å². The Balaban J connectivity index is 1.74. The van der Waals surface area contributed by atoms with Crippen molar-refractivity contribution < 1.29 is 9.13 Å². The SMILES string of the molecule is CC(C)OCC1(CN2CCC(C)(F)CC2)CC1. The van der Waals surface area contributed by atoms with Gasteiger partial charge in [-0.1, -0.05) is 0 Å². The molecule has 0 atom stereocenters. The number of rotatable bonds is 5. The van der Waals surface area contributed by atoms with Gasteiger partial charge in [0.05, 0.1) is 12.7 Å². The zero-order chi connectivity index (χ0) is 12.5. The molecule has 2 aliphatic rings. The topological polar surface area (TPSA) is 12.5 Å². The van der Waals surface area contributed by atoms with Gasteiger partial charge in [-0.3, -0.25) is 0 Å². The molecule has 0 aromatic carbocycles. The van der Waals surface area contributed by atoms with Crippen molar-refractivity contribution in [2.24, 2.45) is 5.41 Å². The molecule has 2 rings (SSSR count). The van der Waals surface area contributed by atoms with Gasteiger partial charge in [0.2, 0.25) is 0 Å². The van der Waals surface area contributed by atoms with Gasteiger partial charge in [0.25, 0.3) is 0 Å². The second-order valence-corrected chi connectivity index (χ2v) is 6.55. The highest BCUT2D eigenvalue weighted by Crippen LogP contribution is 2.47. The van der Waals surface area contributed by atoms with E-state index in [0.29, 0.717) is 24.4 Å². The fourth-order valence-corrected chi connectivity index (χ4v) is 2.52. The maximum absolute atomic E-state index is 13.7. The van der Waals surface area contributed by atoms with Crippen LogP contribution in [0.1, 0.15) is 46.5 Å². The van der Waals surface area contributed by atoms with E-state index in [4.69, 9.17) is 4.74 Å². The standard InChI is InChI=1S/C14H26FNO/c1-12(2)17-11-14(4-5-14)10-16-8-6-13(3,15)7-9-16/h12H,4-11H2,1-3H3. The summed E-state index contributed by atoms with van der Waals surface area (Å²) in [5.74, 6) is 0. The van der Waals surface area contributed by atoms with Crippen molar-refractivity contribution in [2.75, 3.05) is 26.2 Å². The number of halogens is 1. The van der Waals surface area contributed by atoms with Gasteiger partial charge >= 0.3 is 0 Å². The summed E-state index contributed by atoms with van der Waals surface area (Å²) in [7, 11) is 0. The van der Waals surface area contributed by atoms with Crippen LogP contribution in [0.15, 0.2) is 0 Å².